The summed E-state index contributed by atoms with van der Waals surface area (Å²) in [5.41, 5.74) is 1.99. The summed E-state index contributed by atoms with van der Waals surface area (Å²) in [6, 6.07) is 12.5. The molecule has 30 heavy (non-hydrogen) atoms. The average molecular weight is 418 g/mol. The normalized spacial score (nSPS) is 18.6. The summed E-state index contributed by atoms with van der Waals surface area (Å²) in [6.07, 6.45) is 0.748. The SMILES string of the molecule is COc1ccccc1CCNC(=O)C[NH+]1CC[NH+](Cc2cc(F)ccc2OC)CC1. The highest BCUT2D eigenvalue weighted by Gasteiger charge is 2.25. The van der Waals surface area contributed by atoms with Gasteiger partial charge < -0.3 is 24.6 Å². The lowest BCUT2D eigenvalue weighted by molar-refractivity contribution is -1.02. The lowest BCUT2D eigenvalue weighted by Gasteiger charge is -2.29. The first-order chi connectivity index (χ1) is 14.6. The summed E-state index contributed by atoms with van der Waals surface area (Å²) in [6.45, 7) is 5.57. The second-order valence-corrected chi connectivity index (χ2v) is 7.72. The monoisotopic (exact) mass is 417 g/mol. The van der Waals surface area contributed by atoms with Crippen molar-refractivity contribution in [2.24, 2.45) is 0 Å². The van der Waals surface area contributed by atoms with Crippen molar-refractivity contribution in [2.75, 3.05) is 53.5 Å². The Morgan fingerprint density at radius 1 is 0.967 bits per heavy atom. The van der Waals surface area contributed by atoms with E-state index in [1.165, 1.54) is 15.9 Å². The zero-order chi connectivity index (χ0) is 21.3. The van der Waals surface area contributed by atoms with E-state index in [2.05, 4.69) is 5.32 Å². The van der Waals surface area contributed by atoms with Gasteiger partial charge >= 0.3 is 0 Å². The molecule has 0 bridgehead atoms. The first kappa shape index (κ1) is 22.1. The van der Waals surface area contributed by atoms with Gasteiger partial charge in [-0.25, -0.2) is 4.39 Å². The number of rotatable bonds is 9. The van der Waals surface area contributed by atoms with Crippen LogP contribution in [0.15, 0.2) is 42.5 Å². The van der Waals surface area contributed by atoms with E-state index < -0.39 is 0 Å². The van der Waals surface area contributed by atoms with Gasteiger partial charge in [0, 0.05) is 6.54 Å². The van der Waals surface area contributed by atoms with E-state index in [-0.39, 0.29) is 11.7 Å². The van der Waals surface area contributed by atoms with Gasteiger partial charge in [-0.15, -0.1) is 0 Å². The Bertz CT molecular complexity index is 838. The molecule has 2 aromatic carbocycles. The molecule has 0 aromatic heterocycles. The topological polar surface area (TPSA) is 56.4 Å². The zero-order valence-electron chi connectivity index (χ0n) is 17.8. The Hall–Kier alpha value is -2.64. The standard InChI is InChI=1S/C23H30FN3O3/c1-29-21-6-4-3-5-18(21)9-10-25-23(28)17-27-13-11-26(12-14-27)16-19-15-20(24)7-8-22(19)30-2/h3-8,15H,9-14,16-17H2,1-2H3,(H,25,28)/p+2. The first-order valence-corrected chi connectivity index (χ1v) is 10.5. The highest BCUT2D eigenvalue weighted by molar-refractivity contribution is 5.76. The van der Waals surface area contributed by atoms with Crippen LogP contribution in [0.4, 0.5) is 4.39 Å². The summed E-state index contributed by atoms with van der Waals surface area (Å²) in [7, 11) is 3.27. The highest BCUT2D eigenvalue weighted by atomic mass is 19.1. The number of halogens is 1. The number of benzene rings is 2. The molecular weight excluding hydrogens is 385 g/mol. The first-order valence-electron chi connectivity index (χ1n) is 10.5. The zero-order valence-corrected chi connectivity index (χ0v) is 17.8. The summed E-state index contributed by atoms with van der Waals surface area (Å²) in [4.78, 5) is 15.0. The van der Waals surface area contributed by atoms with Crippen molar-refractivity contribution >= 4 is 5.91 Å². The van der Waals surface area contributed by atoms with Crippen LogP contribution in [0.2, 0.25) is 0 Å². The van der Waals surface area contributed by atoms with Crippen molar-refractivity contribution in [3.63, 3.8) is 0 Å². The third-order valence-electron chi connectivity index (χ3n) is 5.67. The molecule has 3 rings (SSSR count). The molecule has 3 N–H and O–H groups in total. The minimum Gasteiger partial charge on any atom is -0.496 e. The van der Waals surface area contributed by atoms with Gasteiger partial charge in [0.25, 0.3) is 5.91 Å². The maximum atomic E-state index is 13.6. The number of hydrogen-bond acceptors (Lipinski definition) is 3. The quantitative estimate of drug-likeness (QED) is 0.515. The summed E-state index contributed by atoms with van der Waals surface area (Å²) in [5.74, 6) is 1.42. The number of piperazine rings is 1. The molecule has 162 valence electrons. The minimum atomic E-state index is -0.237. The predicted octanol–water partition coefficient (Wildman–Crippen LogP) is -0.515. The molecule has 2 aromatic rings. The van der Waals surface area contributed by atoms with Gasteiger partial charge in [-0.2, -0.15) is 0 Å². The number of ether oxygens (including phenoxy) is 2. The molecule has 1 fully saturated rings. The van der Waals surface area contributed by atoms with Crippen molar-refractivity contribution in [1.82, 2.24) is 5.32 Å². The lowest BCUT2D eigenvalue weighted by atomic mass is 10.1. The molecular formula is C23H32FN3O3+2. The fourth-order valence-corrected chi connectivity index (χ4v) is 4.00. The fraction of sp³-hybridized carbons (Fsp3) is 0.435. The molecule has 1 amide bonds. The smallest absolute Gasteiger partial charge is 0.275 e. The minimum absolute atomic E-state index is 0.0788. The Labute approximate surface area is 177 Å². The number of quaternary nitrogens is 2. The number of carbonyl (C=O) groups excluding carboxylic acids is 1. The van der Waals surface area contributed by atoms with Crippen LogP contribution in [0.5, 0.6) is 11.5 Å². The molecule has 6 nitrogen and oxygen atoms in total. The van der Waals surface area contributed by atoms with Crippen LogP contribution in [0.25, 0.3) is 0 Å². The Morgan fingerprint density at radius 3 is 2.37 bits per heavy atom. The van der Waals surface area contributed by atoms with Crippen LogP contribution in [-0.4, -0.2) is 59.4 Å². The molecule has 0 spiro atoms. The van der Waals surface area contributed by atoms with Crippen molar-refractivity contribution in [3.05, 3.63) is 59.4 Å². The summed E-state index contributed by atoms with van der Waals surface area (Å²) in [5, 5.41) is 3.02. The lowest BCUT2D eigenvalue weighted by Crippen LogP contribution is -3.28. The Kier molecular flexibility index (Phi) is 8.04. The summed E-state index contributed by atoms with van der Waals surface area (Å²) >= 11 is 0. The molecule has 1 aliphatic heterocycles. The number of methoxy groups -OCH3 is 2. The number of nitrogens with one attached hydrogen (secondary N) is 3. The van der Waals surface area contributed by atoms with Gasteiger partial charge in [0.2, 0.25) is 0 Å². The molecule has 1 saturated heterocycles. The molecule has 0 saturated carbocycles. The number of amides is 1. The molecule has 0 aliphatic carbocycles. The molecule has 0 radical (unpaired) electrons. The van der Waals surface area contributed by atoms with Crippen molar-refractivity contribution < 1.29 is 28.5 Å². The van der Waals surface area contributed by atoms with Crippen LogP contribution in [-0.2, 0) is 17.8 Å². The van der Waals surface area contributed by atoms with Crippen LogP contribution in [0.1, 0.15) is 11.1 Å². The van der Waals surface area contributed by atoms with E-state index in [1.54, 1.807) is 26.4 Å². The maximum Gasteiger partial charge on any atom is 0.275 e. The van der Waals surface area contributed by atoms with Crippen molar-refractivity contribution in [2.45, 2.75) is 13.0 Å². The van der Waals surface area contributed by atoms with Gasteiger partial charge in [-0.1, -0.05) is 18.2 Å². The third kappa shape index (κ3) is 6.18. The van der Waals surface area contributed by atoms with Crippen molar-refractivity contribution in [1.29, 1.82) is 0 Å². The fourth-order valence-electron chi connectivity index (χ4n) is 4.00. The van der Waals surface area contributed by atoms with Crippen LogP contribution in [0, 0.1) is 5.82 Å². The Morgan fingerprint density at radius 2 is 1.63 bits per heavy atom. The average Bonchev–Trinajstić information content (AvgIpc) is 2.75. The van der Waals surface area contributed by atoms with E-state index in [0.717, 1.165) is 61.8 Å². The van der Waals surface area contributed by atoms with Gasteiger partial charge in [-0.3, -0.25) is 4.79 Å². The third-order valence-corrected chi connectivity index (χ3v) is 5.67. The van der Waals surface area contributed by atoms with Gasteiger partial charge in [0.1, 0.15) is 50.0 Å². The van der Waals surface area contributed by atoms with Gasteiger partial charge in [-0.05, 0) is 36.2 Å². The molecule has 7 heteroatoms. The second kappa shape index (κ2) is 10.9. The Balaban J connectivity index is 1.39. The molecule has 1 heterocycles. The largest absolute Gasteiger partial charge is 0.496 e. The van der Waals surface area contributed by atoms with E-state index in [0.29, 0.717) is 13.1 Å². The van der Waals surface area contributed by atoms with E-state index in [4.69, 9.17) is 9.47 Å². The van der Waals surface area contributed by atoms with Crippen LogP contribution < -0.4 is 24.6 Å². The van der Waals surface area contributed by atoms with E-state index >= 15 is 0 Å². The maximum absolute atomic E-state index is 13.6. The summed E-state index contributed by atoms with van der Waals surface area (Å²) < 4.78 is 24.3. The van der Waals surface area contributed by atoms with Crippen LogP contribution >= 0.6 is 0 Å². The van der Waals surface area contributed by atoms with E-state index in [1.807, 2.05) is 24.3 Å². The molecule has 0 unspecified atom stereocenters. The molecule has 0 atom stereocenters. The number of hydrogen-bond donors (Lipinski definition) is 3. The van der Waals surface area contributed by atoms with Gasteiger partial charge in [0.05, 0.1) is 19.8 Å². The van der Waals surface area contributed by atoms with Crippen molar-refractivity contribution in [3.8, 4) is 11.5 Å². The molecule has 1 aliphatic rings. The highest BCUT2D eigenvalue weighted by Crippen LogP contribution is 2.18. The predicted molar refractivity (Wildman–Crippen MR) is 113 cm³/mol. The van der Waals surface area contributed by atoms with Gasteiger partial charge in [0.15, 0.2) is 6.54 Å². The second-order valence-electron chi connectivity index (χ2n) is 7.72. The van der Waals surface area contributed by atoms with Crippen LogP contribution in [0.3, 0.4) is 0 Å². The van der Waals surface area contributed by atoms with E-state index in [9.17, 15) is 9.18 Å². The number of para-hydroxylation sites is 1. The number of carbonyl (C=O) groups is 1.